The molecular formula is C24H20BrClO4. The van der Waals surface area contributed by atoms with E-state index in [1.165, 1.54) is 6.08 Å². The van der Waals surface area contributed by atoms with Gasteiger partial charge in [-0.15, -0.1) is 0 Å². The summed E-state index contributed by atoms with van der Waals surface area (Å²) in [5.41, 5.74) is 2.26. The zero-order valence-electron chi connectivity index (χ0n) is 16.5. The Balaban J connectivity index is 1.76. The number of benzene rings is 3. The molecule has 0 N–H and O–H groups in total. The van der Waals surface area contributed by atoms with E-state index >= 15 is 0 Å². The van der Waals surface area contributed by atoms with E-state index in [2.05, 4.69) is 15.9 Å². The molecule has 0 aliphatic heterocycles. The van der Waals surface area contributed by atoms with E-state index in [-0.39, 0.29) is 12.4 Å². The third-order valence-electron chi connectivity index (χ3n) is 4.36. The van der Waals surface area contributed by atoms with Crippen molar-refractivity contribution in [1.82, 2.24) is 0 Å². The lowest BCUT2D eigenvalue weighted by Gasteiger charge is -2.12. The molecule has 0 bridgehead atoms. The minimum atomic E-state index is -0.107. The van der Waals surface area contributed by atoms with Gasteiger partial charge in [-0.2, -0.15) is 0 Å². The molecule has 0 unspecified atom stereocenters. The van der Waals surface area contributed by atoms with Crippen LogP contribution in [0.5, 0.6) is 17.2 Å². The number of hydrogen-bond donors (Lipinski definition) is 0. The lowest BCUT2D eigenvalue weighted by Crippen LogP contribution is -2.00. The number of ether oxygens (including phenoxy) is 3. The normalized spacial score (nSPS) is 10.8. The van der Waals surface area contributed by atoms with E-state index in [1.807, 2.05) is 24.3 Å². The third kappa shape index (κ3) is 5.65. The van der Waals surface area contributed by atoms with Gasteiger partial charge in [0.1, 0.15) is 23.9 Å². The van der Waals surface area contributed by atoms with Crippen molar-refractivity contribution in [2.75, 3.05) is 14.2 Å². The molecule has 0 heterocycles. The Morgan fingerprint density at radius 1 is 1.00 bits per heavy atom. The average molecular weight is 488 g/mol. The summed E-state index contributed by atoms with van der Waals surface area (Å²) in [6, 6.07) is 18.1. The maximum atomic E-state index is 12.5. The van der Waals surface area contributed by atoms with Crippen molar-refractivity contribution in [3.63, 3.8) is 0 Å². The number of methoxy groups -OCH3 is 2. The first-order valence-electron chi connectivity index (χ1n) is 9.11. The Kier molecular flexibility index (Phi) is 7.55. The van der Waals surface area contributed by atoms with E-state index < -0.39 is 0 Å². The quantitative estimate of drug-likeness (QED) is 0.265. The molecule has 3 aromatic carbocycles. The van der Waals surface area contributed by atoms with Gasteiger partial charge in [0.2, 0.25) is 0 Å². The maximum Gasteiger partial charge on any atom is 0.185 e. The fraction of sp³-hybridized carbons (Fsp3) is 0.125. The Hall–Kier alpha value is -2.76. The molecule has 0 aliphatic carbocycles. The van der Waals surface area contributed by atoms with Gasteiger partial charge in [0.25, 0.3) is 0 Å². The van der Waals surface area contributed by atoms with Crippen LogP contribution in [0.1, 0.15) is 21.5 Å². The molecule has 0 radical (unpaired) electrons. The molecule has 0 atom stereocenters. The second-order valence-electron chi connectivity index (χ2n) is 6.36. The van der Waals surface area contributed by atoms with Crippen LogP contribution < -0.4 is 14.2 Å². The van der Waals surface area contributed by atoms with Gasteiger partial charge in [-0.1, -0.05) is 51.8 Å². The highest BCUT2D eigenvalue weighted by Crippen LogP contribution is 2.30. The van der Waals surface area contributed by atoms with E-state index in [9.17, 15) is 4.79 Å². The first-order chi connectivity index (χ1) is 14.5. The summed E-state index contributed by atoms with van der Waals surface area (Å²) < 4.78 is 17.3. The van der Waals surface area contributed by atoms with Crippen molar-refractivity contribution in [3.05, 3.63) is 92.9 Å². The number of allylic oxidation sites excluding steroid dienone is 1. The standard InChI is InChI=1S/C24H20BrClO4/c1-28-20-5-3-4-17(13-20)22(27)9-6-16-7-10-23(29-2)18(12-16)15-30-24-11-8-19(25)14-21(24)26/h3-14H,15H2,1-2H3/b9-6+. The molecule has 6 heteroatoms. The number of carbonyl (C=O) groups is 1. The Morgan fingerprint density at radius 2 is 1.80 bits per heavy atom. The molecule has 0 aliphatic rings. The van der Waals surface area contributed by atoms with Crippen LogP contribution in [-0.2, 0) is 6.61 Å². The fourth-order valence-corrected chi connectivity index (χ4v) is 3.54. The highest BCUT2D eigenvalue weighted by molar-refractivity contribution is 9.10. The highest BCUT2D eigenvalue weighted by atomic mass is 79.9. The first-order valence-corrected chi connectivity index (χ1v) is 10.3. The van der Waals surface area contributed by atoms with Crippen molar-refractivity contribution in [1.29, 1.82) is 0 Å². The van der Waals surface area contributed by atoms with Crippen LogP contribution in [0.4, 0.5) is 0 Å². The van der Waals surface area contributed by atoms with E-state index in [4.69, 9.17) is 25.8 Å². The van der Waals surface area contributed by atoms with Crippen LogP contribution in [0.15, 0.2) is 71.2 Å². The van der Waals surface area contributed by atoms with Gasteiger partial charge in [-0.3, -0.25) is 4.79 Å². The van der Waals surface area contributed by atoms with Gasteiger partial charge < -0.3 is 14.2 Å². The molecule has 3 aromatic rings. The summed E-state index contributed by atoms with van der Waals surface area (Å²) in [6.07, 6.45) is 3.30. The second-order valence-corrected chi connectivity index (χ2v) is 7.69. The highest BCUT2D eigenvalue weighted by Gasteiger charge is 2.08. The van der Waals surface area contributed by atoms with E-state index in [1.54, 1.807) is 56.7 Å². The first kappa shape index (κ1) is 21.9. The zero-order chi connectivity index (χ0) is 21.5. The molecule has 0 spiro atoms. The maximum absolute atomic E-state index is 12.5. The Bertz CT molecular complexity index is 1080. The van der Waals surface area contributed by atoms with E-state index in [0.717, 1.165) is 15.6 Å². The van der Waals surface area contributed by atoms with Crippen molar-refractivity contribution >= 4 is 39.4 Å². The predicted octanol–water partition coefficient (Wildman–Crippen LogP) is 6.59. The third-order valence-corrected chi connectivity index (χ3v) is 5.15. The summed E-state index contributed by atoms with van der Waals surface area (Å²) in [4.78, 5) is 12.5. The van der Waals surface area contributed by atoms with Gasteiger partial charge in [0.15, 0.2) is 5.78 Å². The van der Waals surface area contributed by atoms with Gasteiger partial charge in [0.05, 0.1) is 19.2 Å². The average Bonchev–Trinajstić information content (AvgIpc) is 2.77. The summed E-state index contributed by atoms with van der Waals surface area (Å²) in [5.74, 6) is 1.81. The molecular weight excluding hydrogens is 468 g/mol. The Labute approximate surface area is 189 Å². The topological polar surface area (TPSA) is 44.8 Å². The van der Waals surface area contributed by atoms with Gasteiger partial charge in [-0.05, 0) is 54.1 Å². The van der Waals surface area contributed by atoms with Crippen molar-refractivity contribution in [2.45, 2.75) is 6.61 Å². The molecule has 0 saturated heterocycles. The second kappa shape index (κ2) is 10.3. The van der Waals surface area contributed by atoms with Crippen molar-refractivity contribution in [2.24, 2.45) is 0 Å². The van der Waals surface area contributed by atoms with Crippen LogP contribution in [0.3, 0.4) is 0 Å². The summed E-state index contributed by atoms with van der Waals surface area (Å²) >= 11 is 9.60. The molecule has 0 amide bonds. The smallest absolute Gasteiger partial charge is 0.185 e. The van der Waals surface area contributed by atoms with Gasteiger partial charge >= 0.3 is 0 Å². The SMILES string of the molecule is COc1cccc(C(=O)/C=C/c2ccc(OC)c(COc3ccc(Br)cc3Cl)c2)c1. The number of hydrogen-bond acceptors (Lipinski definition) is 4. The molecule has 30 heavy (non-hydrogen) atoms. The fourth-order valence-electron chi connectivity index (χ4n) is 2.81. The molecule has 0 fully saturated rings. The summed E-state index contributed by atoms with van der Waals surface area (Å²) in [5, 5.41) is 0.517. The van der Waals surface area contributed by atoms with E-state index in [0.29, 0.717) is 27.8 Å². The summed E-state index contributed by atoms with van der Waals surface area (Å²) in [7, 11) is 3.18. The lowest BCUT2D eigenvalue weighted by atomic mass is 10.1. The Morgan fingerprint density at radius 3 is 2.53 bits per heavy atom. The lowest BCUT2D eigenvalue weighted by molar-refractivity contribution is 0.104. The largest absolute Gasteiger partial charge is 0.497 e. The summed E-state index contributed by atoms with van der Waals surface area (Å²) in [6.45, 7) is 0.274. The van der Waals surface area contributed by atoms with Gasteiger partial charge in [-0.25, -0.2) is 0 Å². The zero-order valence-corrected chi connectivity index (χ0v) is 18.9. The van der Waals surface area contributed by atoms with Crippen molar-refractivity contribution < 1.29 is 19.0 Å². The molecule has 4 nitrogen and oxygen atoms in total. The van der Waals surface area contributed by atoms with Crippen molar-refractivity contribution in [3.8, 4) is 17.2 Å². The number of ketones is 1. The number of rotatable bonds is 8. The molecule has 0 saturated carbocycles. The van der Waals surface area contributed by atoms with Crippen LogP contribution in [0.25, 0.3) is 6.08 Å². The van der Waals surface area contributed by atoms with Crippen LogP contribution in [0.2, 0.25) is 5.02 Å². The van der Waals surface area contributed by atoms with Gasteiger partial charge in [0, 0.05) is 15.6 Å². The predicted molar refractivity (Wildman–Crippen MR) is 123 cm³/mol. The minimum Gasteiger partial charge on any atom is -0.497 e. The number of halogens is 2. The van der Waals surface area contributed by atoms with Crippen LogP contribution in [0, 0.1) is 0 Å². The molecule has 0 aromatic heterocycles. The molecule has 3 rings (SSSR count). The number of carbonyl (C=O) groups excluding carboxylic acids is 1. The van der Waals surface area contributed by atoms with Crippen LogP contribution in [-0.4, -0.2) is 20.0 Å². The minimum absolute atomic E-state index is 0.107. The monoisotopic (exact) mass is 486 g/mol. The molecule has 154 valence electrons. The van der Waals surface area contributed by atoms with Crippen LogP contribution >= 0.6 is 27.5 Å².